The molecule has 0 aliphatic rings. The minimum absolute atomic E-state index is 0.350. The molecule has 1 N–H and O–H groups in total. The lowest BCUT2D eigenvalue weighted by molar-refractivity contribution is 0.254. The second-order valence-corrected chi connectivity index (χ2v) is 6.36. The largest absolute Gasteiger partial charge is 0.314 e. The maximum absolute atomic E-state index is 3.62. The molecule has 0 aliphatic heterocycles. The van der Waals surface area contributed by atoms with Gasteiger partial charge in [0.25, 0.3) is 0 Å². The topological polar surface area (TPSA) is 12.0 Å². The Morgan fingerprint density at radius 2 is 1.94 bits per heavy atom. The van der Waals surface area contributed by atoms with Gasteiger partial charge in [0.15, 0.2) is 0 Å². The van der Waals surface area contributed by atoms with E-state index in [0.717, 1.165) is 6.54 Å². The van der Waals surface area contributed by atoms with Crippen molar-refractivity contribution >= 4 is 0 Å². The Labute approximate surface area is 113 Å². The third kappa shape index (κ3) is 5.22. The molecule has 0 bridgehead atoms. The van der Waals surface area contributed by atoms with E-state index in [9.17, 15) is 0 Å². The van der Waals surface area contributed by atoms with Crippen LogP contribution in [0.1, 0.15) is 51.7 Å². The second-order valence-electron chi connectivity index (χ2n) is 6.36. The molecule has 1 rings (SSSR count). The van der Waals surface area contributed by atoms with Crippen LogP contribution in [0.5, 0.6) is 0 Å². The van der Waals surface area contributed by atoms with E-state index >= 15 is 0 Å². The summed E-state index contributed by atoms with van der Waals surface area (Å²) < 4.78 is 0. The van der Waals surface area contributed by atoms with Gasteiger partial charge in [0.05, 0.1) is 0 Å². The summed E-state index contributed by atoms with van der Waals surface area (Å²) in [7, 11) is 0. The summed E-state index contributed by atoms with van der Waals surface area (Å²) in [5.41, 5.74) is 3.19. The summed E-state index contributed by atoms with van der Waals surface area (Å²) in [6.45, 7) is 12.4. The quantitative estimate of drug-likeness (QED) is 0.788. The summed E-state index contributed by atoms with van der Waals surface area (Å²) in [5, 5.41) is 3.62. The minimum Gasteiger partial charge on any atom is -0.314 e. The van der Waals surface area contributed by atoms with Crippen LogP contribution in [0.4, 0.5) is 0 Å². The van der Waals surface area contributed by atoms with Gasteiger partial charge < -0.3 is 5.32 Å². The monoisotopic (exact) mass is 247 g/mol. The zero-order chi connectivity index (χ0) is 13.6. The number of nitrogens with one attached hydrogen (secondary N) is 1. The van der Waals surface area contributed by atoms with Crippen molar-refractivity contribution in [2.45, 2.75) is 59.9 Å². The Balaban J connectivity index is 2.44. The first-order valence-electron chi connectivity index (χ1n) is 7.22. The maximum Gasteiger partial charge on any atom is 0.0116 e. The van der Waals surface area contributed by atoms with Gasteiger partial charge in [-0.1, -0.05) is 57.5 Å². The SMILES string of the molecule is CCNC(CCCc1cccc(C)c1)C(C)(C)C. The highest BCUT2D eigenvalue weighted by molar-refractivity contribution is 5.22. The van der Waals surface area contributed by atoms with Crippen molar-refractivity contribution in [1.29, 1.82) is 0 Å². The fourth-order valence-electron chi connectivity index (χ4n) is 2.47. The first-order valence-corrected chi connectivity index (χ1v) is 7.22. The molecule has 1 aromatic carbocycles. The molecule has 0 fully saturated rings. The van der Waals surface area contributed by atoms with Crippen LogP contribution in [-0.4, -0.2) is 12.6 Å². The molecular weight excluding hydrogens is 218 g/mol. The van der Waals surface area contributed by atoms with Gasteiger partial charge in [-0.05, 0) is 43.7 Å². The van der Waals surface area contributed by atoms with E-state index in [1.165, 1.54) is 30.4 Å². The third-order valence-corrected chi connectivity index (χ3v) is 3.54. The summed E-state index contributed by atoms with van der Waals surface area (Å²) >= 11 is 0. The van der Waals surface area contributed by atoms with Gasteiger partial charge in [-0.3, -0.25) is 0 Å². The fraction of sp³-hybridized carbons (Fsp3) is 0.647. The van der Waals surface area contributed by atoms with Gasteiger partial charge in [-0.25, -0.2) is 0 Å². The molecule has 102 valence electrons. The molecule has 0 saturated carbocycles. The zero-order valence-electron chi connectivity index (χ0n) is 12.7. The fourth-order valence-corrected chi connectivity index (χ4v) is 2.47. The van der Waals surface area contributed by atoms with Crippen molar-refractivity contribution < 1.29 is 0 Å². The maximum atomic E-state index is 3.62. The van der Waals surface area contributed by atoms with Crippen LogP contribution in [0.25, 0.3) is 0 Å². The molecule has 1 nitrogen and oxygen atoms in total. The smallest absolute Gasteiger partial charge is 0.0116 e. The molecule has 0 saturated heterocycles. The molecule has 1 aromatic rings. The lowest BCUT2D eigenvalue weighted by Crippen LogP contribution is -2.40. The second kappa shape index (κ2) is 6.94. The highest BCUT2D eigenvalue weighted by atomic mass is 14.9. The van der Waals surface area contributed by atoms with Gasteiger partial charge in [-0.15, -0.1) is 0 Å². The average Bonchev–Trinajstić information content (AvgIpc) is 2.27. The Hall–Kier alpha value is -0.820. The Kier molecular flexibility index (Phi) is 5.87. The molecule has 0 aromatic heterocycles. The summed E-state index contributed by atoms with van der Waals surface area (Å²) in [4.78, 5) is 0. The van der Waals surface area contributed by atoms with Crippen LogP contribution < -0.4 is 5.32 Å². The van der Waals surface area contributed by atoms with E-state index in [1.807, 2.05) is 0 Å². The zero-order valence-corrected chi connectivity index (χ0v) is 12.7. The summed E-state index contributed by atoms with van der Waals surface area (Å²) in [5.74, 6) is 0. The summed E-state index contributed by atoms with van der Waals surface area (Å²) in [6.07, 6.45) is 3.71. The van der Waals surface area contributed by atoms with Crippen molar-refractivity contribution in [3.8, 4) is 0 Å². The number of rotatable bonds is 6. The third-order valence-electron chi connectivity index (χ3n) is 3.54. The number of benzene rings is 1. The average molecular weight is 247 g/mol. The first-order chi connectivity index (χ1) is 8.43. The van der Waals surface area contributed by atoms with E-state index in [0.29, 0.717) is 11.5 Å². The Morgan fingerprint density at radius 1 is 1.22 bits per heavy atom. The molecule has 1 heteroatoms. The molecule has 0 amide bonds. The van der Waals surface area contributed by atoms with Crippen LogP contribution in [0, 0.1) is 12.3 Å². The van der Waals surface area contributed by atoms with Crippen molar-refractivity contribution in [2.24, 2.45) is 5.41 Å². The van der Waals surface area contributed by atoms with Crippen molar-refractivity contribution in [3.63, 3.8) is 0 Å². The molecular formula is C17H29N. The highest BCUT2D eigenvalue weighted by Gasteiger charge is 2.22. The molecule has 0 spiro atoms. The van der Waals surface area contributed by atoms with Crippen molar-refractivity contribution in [3.05, 3.63) is 35.4 Å². The van der Waals surface area contributed by atoms with E-state index in [2.05, 4.69) is 64.2 Å². The van der Waals surface area contributed by atoms with Gasteiger partial charge in [0.1, 0.15) is 0 Å². The molecule has 0 radical (unpaired) electrons. The Bertz CT molecular complexity index is 349. The normalized spacial score (nSPS) is 13.6. The van der Waals surface area contributed by atoms with Crippen molar-refractivity contribution in [1.82, 2.24) is 5.32 Å². The molecule has 0 aliphatic carbocycles. The van der Waals surface area contributed by atoms with E-state index in [-0.39, 0.29) is 0 Å². The lowest BCUT2D eigenvalue weighted by atomic mass is 9.83. The molecule has 0 heterocycles. The first kappa shape index (κ1) is 15.2. The lowest BCUT2D eigenvalue weighted by Gasteiger charge is -2.31. The number of aryl methyl sites for hydroxylation is 2. The minimum atomic E-state index is 0.350. The molecule has 18 heavy (non-hydrogen) atoms. The standard InChI is InChI=1S/C17H29N/c1-6-18-16(17(3,4)5)12-8-11-15-10-7-9-14(2)13-15/h7,9-10,13,16,18H,6,8,11-12H2,1-5H3. The van der Waals surface area contributed by atoms with E-state index in [1.54, 1.807) is 0 Å². The van der Waals surface area contributed by atoms with Gasteiger partial charge in [-0.2, -0.15) is 0 Å². The van der Waals surface area contributed by atoms with Crippen LogP contribution in [-0.2, 0) is 6.42 Å². The van der Waals surface area contributed by atoms with Gasteiger partial charge in [0.2, 0.25) is 0 Å². The van der Waals surface area contributed by atoms with Gasteiger partial charge >= 0.3 is 0 Å². The van der Waals surface area contributed by atoms with Crippen LogP contribution in [0.3, 0.4) is 0 Å². The molecule has 1 atom stereocenters. The van der Waals surface area contributed by atoms with Crippen LogP contribution in [0.15, 0.2) is 24.3 Å². The number of hydrogen-bond acceptors (Lipinski definition) is 1. The number of hydrogen-bond donors (Lipinski definition) is 1. The van der Waals surface area contributed by atoms with Crippen molar-refractivity contribution in [2.75, 3.05) is 6.54 Å². The predicted octanol–water partition coefficient (Wildman–Crippen LogP) is 4.34. The van der Waals surface area contributed by atoms with Gasteiger partial charge in [0, 0.05) is 6.04 Å². The summed E-state index contributed by atoms with van der Waals surface area (Å²) in [6, 6.07) is 9.49. The predicted molar refractivity (Wildman–Crippen MR) is 81.0 cm³/mol. The van der Waals surface area contributed by atoms with E-state index < -0.39 is 0 Å². The van der Waals surface area contributed by atoms with Crippen LogP contribution >= 0.6 is 0 Å². The van der Waals surface area contributed by atoms with E-state index in [4.69, 9.17) is 0 Å². The van der Waals surface area contributed by atoms with Crippen LogP contribution in [0.2, 0.25) is 0 Å². The molecule has 1 unspecified atom stereocenters. The highest BCUT2D eigenvalue weighted by Crippen LogP contribution is 2.23. The Morgan fingerprint density at radius 3 is 2.50 bits per heavy atom.